The lowest BCUT2D eigenvalue weighted by Gasteiger charge is -1.97. The smallest absolute Gasteiger partial charge is 0.125 e. The summed E-state index contributed by atoms with van der Waals surface area (Å²) in [4.78, 5) is 0. The molecule has 0 bridgehead atoms. The molecule has 0 radical (unpaired) electrons. The first kappa shape index (κ1) is 10.5. The van der Waals surface area contributed by atoms with Crippen LogP contribution in [0.3, 0.4) is 0 Å². The summed E-state index contributed by atoms with van der Waals surface area (Å²) in [6.45, 7) is 3.39. The summed E-state index contributed by atoms with van der Waals surface area (Å²) in [6.07, 6.45) is 4.55. The summed E-state index contributed by atoms with van der Waals surface area (Å²) in [5, 5.41) is 11.6. The van der Waals surface area contributed by atoms with Crippen LogP contribution in [0.25, 0.3) is 0 Å². The predicted molar refractivity (Wildman–Crippen MR) is 62.4 cm³/mol. The molecule has 0 amide bonds. The number of hydrogen-bond acceptors (Lipinski definition) is 4. The highest BCUT2D eigenvalue weighted by atomic mass is 16.3. The fourth-order valence-electron chi connectivity index (χ4n) is 1.76. The van der Waals surface area contributed by atoms with Gasteiger partial charge in [-0.2, -0.15) is 0 Å². The van der Waals surface area contributed by atoms with Crippen LogP contribution in [0, 0.1) is 6.92 Å². The lowest BCUT2D eigenvalue weighted by Crippen LogP contribution is -2.15. The van der Waals surface area contributed by atoms with Crippen molar-refractivity contribution in [3.05, 3.63) is 35.5 Å². The van der Waals surface area contributed by atoms with Crippen LogP contribution in [0.2, 0.25) is 0 Å². The van der Waals surface area contributed by atoms with Gasteiger partial charge in [-0.05, 0) is 31.9 Å². The van der Waals surface area contributed by atoms with Crippen molar-refractivity contribution in [1.82, 2.24) is 20.3 Å². The molecule has 90 valence electrons. The van der Waals surface area contributed by atoms with Crippen LogP contribution in [0.15, 0.2) is 22.7 Å². The molecule has 2 aromatic rings. The lowest BCUT2D eigenvalue weighted by atomic mass is 10.4. The van der Waals surface area contributed by atoms with Gasteiger partial charge in [0.25, 0.3) is 0 Å². The summed E-state index contributed by atoms with van der Waals surface area (Å²) < 4.78 is 7.31. The van der Waals surface area contributed by atoms with Crippen LogP contribution in [0.1, 0.15) is 30.1 Å². The molecule has 0 unspecified atom stereocenters. The first-order chi connectivity index (χ1) is 8.29. The quantitative estimate of drug-likeness (QED) is 0.848. The highest BCUT2D eigenvalue weighted by Crippen LogP contribution is 2.18. The zero-order chi connectivity index (χ0) is 11.7. The summed E-state index contributed by atoms with van der Waals surface area (Å²) in [7, 11) is 0. The Morgan fingerprint density at radius 2 is 2.35 bits per heavy atom. The van der Waals surface area contributed by atoms with Gasteiger partial charge >= 0.3 is 0 Å². The molecule has 1 aliphatic rings. The molecule has 0 aliphatic heterocycles. The Kier molecular flexibility index (Phi) is 2.68. The van der Waals surface area contributed by atoms with Crippen molar-refractivity contribution in [2.45, 2.75) is 38.9 Å². The number of aromatic nitrogens is 3. The highest BCUT2D eigenvalue weighted by molar-refractivity contribution is 5.06. The molecule has 0 spiro atoms. The Hall–Kier alpha value is -1.62. The lowest BCUT2D eigenvalue weighted by molar-refractivity contribution is 0.455. The molecule has 1 aliphatic carbocycles. The van der Waals surface area contributed by atoms with Gasteiger partial charge in [-0.1, -0.05) is 5.21 Å². The van der Waals surface area contributed by atoms with Crippen molar-refractivity contribution < 1.29 is 4.42 Å². The minimum Gasteiger partial charge on any atom is -0.464 e. The van der Waals surface area contributed by atoms with Crippen LogP contribution in [0.4, 0.5) is 0 Å². The molecule has 1 fully saturated rings. The van der Waals surface area contributed by atoms with E-state index in [4.69, 9.17) is 4.42 Å². The summed E-state index contributed by atoms with van der Waals surface area (Å²) in [6, 6.07) is 4.63. The maximum Gasteiger partial charge on any atom is 0.125 e. The number of nitrogens with one attached hydrogen (secondary N) is 1. The fourth-order valence-corrected chi connectivity index (χ4v) is 1.76. The Morgan fingerprint density at radius 3 is 3.06 bits per heavy atom. The van der Waals surface area contributed by atoms with Crippen LogP contribution in [-0.4, -0.2) is 21.0 Å². The second kappa shape index (κ2) is 4.33. The predicted octanol–water partition coefficient (Wildman–Crippen LogP) is 1.48. The van der Waals surface area contributed by atoms with E-state index in [1.54, 1.807) is 0 Å². The van der Waals surface area contributed by atoms with Gasteiger partial charge in [0.2, 0.25) is 0 Å². The van der Waals surface area contributed by atoms with Crippen molar-refractivity contribution in [2.24, 2.45) is 0 Å². The monoisotopic (exact) mass is 232 g/mol. The van der Waals surface area contributed by atoms with E-state index < -0.39 is 0 Å². The Morgan fingerprint density at radius 1 is 1.47 bits per heavy atom. The third kappa shape index (κ3) is 2.74. The third-order valence-electron chi connectivity index (χ3n) is 2.85. The average molecular weight is 232 g/mol. The van der Waals surface area contributed by atoms with Gasteiger partial charge in [-0.25, -0.2) is 4.68 Å². The molecule has 3 rings (SSSR count). The highest BCUT2D eigenvalue weighted by Gasteiger charge is 2.20. The van der Waals surface area contributed by atoms with Crippen LogP contribution >= 0.6 is 0 Å². The molecule has 5 heteroatoms. The van der Waals surface area contributed by atoms with E-state index in [0.717, 1.165) is 23.8 Å². The molecule has 2 heterocycles. The van der Waals surface area contributed by atoms with E-state index >= 15 is 0 Å². The van der Waals surface area contributed by atoms with Gasteiger partial charge in [0.1, 0.15) is 18.1 Å². The number of aryl methyl sites for hydroxylation is 1. The topological polar surface area (TPSA) is 55.9 Å². The molecular formula is C12H16N4O. The number of furan rings is 1. The standard InChI is InChI=1S/C12H16N4O/c1-9-2-5-12(17-9)8-16-7-11(14-15-16)6-13-10-3-4-10/h2,5,7,10,13H,3-4,6,8H2,1H3. The molecule has 0 saturated heterocycles. The van der Waals surface area contributed by atoms with Crippen molar-refractivity contribution in [3.63, 3.8) is 0 Å². The van der Waals surface area contributed by atoms with E-state index in [0.29, 0.717) is 12.6 Å². The normalized spacial score (nSPS) is 15.4. The minimum atomic E-state index is 0.643. The summed E-state index contributed by atoms with van der Waals surface area (Å²) >= 11 is 0. The summed E-state index contributed by atoms with van der Waals surface area (Å²) in [5.74, 6) is 1.84. The zero-order valence-corrected chi connectivity index (χ0v) is 9.89. The second-order valence-electron chi connectivity index (χ2n) is 4.57. The molecule has 1 saturated carbocycles. The first-order valence-corrected chi connectivity index (χ1v) is 5.97. The minimum absolute atomic E-state index is 0.643. The average Bonchev–Trinajstić information content (AvgIpc) is 2.90. The molecule has 0 aromatic carbocycles. The van der Waals surface area contributed by atoms with E-state index in [2.05, 4.69) is 15.6 Å². The van der Waals surface area contributed by atoms with E-state index in [-0.39, 0.29) is 0 Å². The second-order valence-corrected chi connectivity index (χ2v) is 4.57. The van der Waals surface area contributed by atoms with Crippen LogP contribution in [-0.2, 0) is 13.1 Å². The van der Waals surface area contributed by atoms with E-state index in [9.17, 15) is 0 Å². The maximum absolute atomic E-state index is 5.50. The van der Waals surface area contributed by atoms with Gasteiger partial charge in [0.05, 0.1) is 11.9 Å². The molecule has 17 heavy (non-hydrogen) atoms. The van der Waals surface area contributed by atoms with Crippen molar-refractivity contribution in [1.29, 1.82) is 0 Å². The van der Waals surface area contributed by atoms with E-state index in [1.165, 1.54) is 12.8 Å². The van der Waals surface area contributed by atoms with Gasteiger partial charge < -0.3 is 9.73 Å². The first-order valence-electron chi connectivity index (χ1n) is 5.97. The molecule has 2 aromatic heterocycles. The molecular weight excluding hydrogens is 216 g/mol. The SMILES string of the molecule is Cc1ccc(Cn2cc(CNC3CC3)nn2)o1. The van der Waals surface area contributed by atoms with Crippen molar-refractivity contribution in [3.8, 4) is 0 Å². The van der Waals surface area contributed by atoms with E-state index in [1.807, 2.05) is 29.9 Å². The van der Waals surface area contributed by atoms with Gasteiger partial charge in [-0.3, -0.25) is 0 Å². The number of hydrogen-bond donors (Lipinski definition) is 1. The fraction of sp³-hybridized carbons (Fsp3) is 0.500. The molecule has 1 N–H and O–H groups in total. The van der Waals surface area contributed by atoms with Gasteiger partial charge in [0.15, 0.2) is 0 Å². The van der Waals surface area contributed by atoms with Crippen LogP contribution < -0.4 is 5.32 Å². The van der Waals surface area contributed by atoms with Gasteiger partial charge in [0, 0.05) is 12.6 Å². The number of rotatable bonds is 5. The molecule has 5 nitrogen and oxygen atoms in total. The largest absolute Gasteiger partial charge is 0.464 e. The zero-order valence-electron chi connectivity index (χ0n) is 9.89. The Bertz CT molecular complexity index is 498. The molecule has 0 atom stereocenters. The van der Waals surface area contributed by atoms with Gasteiger partial charge in [-0.15, -0.1) is 5.10 Å². The van der Waals surface area contributed by atoms with Crippen LogP contribution in [0.5, 0.6) is 0 Å². The number of nitrogens with zero attached hydrogens (tertiary/aromatic N) is 3. The maximum atomic E-state index is 5.50. The Balaban J connectivity index is 1.59. The third-order valence-corrected chi connectivity index (χ3v) is 2.85. The summed E-state index contributed by atoms with van der Waals surface area (Å²) in [5.41, 5.74) is 0.986. The van der Waals surface area contributed by atoms with Crippen molar-refractivity contribution in [2.75, 3.05) is 0 Å². The Labute approximate surface area is 99.8 Å². The van der Waals surface area contributed by atoms with Crippen molar-refractivity contribution >= 4 is 0 Å².